The summed E-state index contributed by atoms with van der Waals surface area (Å²) >= 11 is 6.22. The van der Waals surface area contributed by atoms with Gasteiger partial charge in [0.25, 0.3) is 5.91 Å². The molecule has 0 unspecified atom stereocenters. The molecule has 262 valence electrons. The lowest BCUT2D eigenvalue weighted by atomic mass is 9.97. The Morgan fingerprint density at radius 2 is 1.94 bits per heavy atom. The lowest BCUT2D eigenvalue weighted by molar-refractivity contribution is -0.152. The Bertz CT molecular complexity index is 1630. The Kier molecular flexibility index (Phi) is 12.1. The van der Waals surface area contributed by atoms with E-state index in [1.807, 2.05) is 0 Å². The van der Waals surface area contributed by atoms with E-state index in [0.717, 1.165) is 13.1 Å². The van der Waals surface area contributed by atoms with Crippen molar-refractivity contribution in [1.82, 2.24) is 24.6 Å². The van der Waals surface area contributed by atoms with Crippen molar-refractivity contribution in [3.8, 4) is 17.0 Å². The number of carbonyl (C=O) groups is 3. The first-order valence-corrected chi connectivity index (χ1v) is 16.1. The highest BCUT2D eigenvalue weighted by Crippen LogP contribution is 2.37. The Morgan fingerprint density at radius 1 is 1.18 bits per heavy atom. The van der Waals surface area contributed by atoms with Crippen LogP contribution in [0.3, 0.4) is 0 Å². The fourth-order valence-electron chi connectivity index (χ4n) is 5.56. The van der Waals surface area contributed by atoms with Gasteiger partial charge in [-0.2, -0.15) is 19.0 Å². The number of hydrazone groups is 1. The molecule has 0 atom stereocenters. The SMILES string of the molecule is C=NN1C=CC=N/C1=C(/C)C(=O)Nc1cn(CC(=O)N2CCC(C(=O)OCCN3CCOCC3)CC2)nc1-c1cc(Cl)ccc1OC(F)F. The maximum Gasteiger partial charge on any atom is 0.387 e. The summed E-state index contributed by atoms with van der Waals surface area (Å²) < 4.78 is 43.5. The van der Waals surface area contributed by atoms with Crippen molar-refractivity contribution in [2.24, 2.45) is 16.0 Å². The standard InChI is InChI=1S/C32H37ClF2N8O6/c1-21(29-37-8-3-9-43(29)36-2)30(45)38-25-19-42(39-28(25)24-18-23(33)4-5-26(24)49-32(34)35)20-27(44)41-10-6-22(7-11-41)31(46)48-17-14-40-12-15-47-16-13-40/h3-5,8-9,18-19,22,32H,2,6-7,10-17,20H2,1H3,(H,38,45)/b29-21+. The zero-order valence-corrected chi connectivity index (χ0v) is 27.7. The minimum absolute atomic E-state index is 0.0429. The van der Waals surface area contributed by atoms with Gasteiger partial charge in [-0.05, 0) is 44.0 Å². The van der Waals surface area contributed by atoms with Crippen LogP contribution in [-0.2, 0) is 30.4 Å². The predicted octanol–water partition coefficient (Wildman–Crippen LogP) is 3.60. The minimum atomic E-state index is -3.15. The Morgan fingerprint density at radius 3 is 2.65 bits per heavy atom. The third kappa shape index (κ3) is 9.28. The smallest absolute Gasteiger partial charge is 0.387 e. The number of nitrogens with one attached hydrogen (secondary N) is 1. The van der Waals surface area contributed by atoms with E-state index in [1.54, 1.807) is 17.2 Å². The van der Waals surface area contributed by atoms with Crippen LogP contribution in [0.4, 0.5) is 14.5 Å². The van der Waals surface area contributed by atoms with Crippen LogP contribution < -0.4 is 10.1 Å². The zero-order chi connectivity index (χ0) is 34.9. The second kappa shape index (κ2) is 16.6. The second-order valence-electron chi connectivity index (χ2n) is 11.4. The van der Waals surface area contributed by atoms with Crippen molar-refractivity contribution >= 4 is 48.0 Å². The number of allylic oxidation sites excluding steroid dienone is 1. The van der Waals surface area contributed by atoms with E-state index in [4.69, 9.17) is 25.8 Å². The molecule has 0 spiro atoms. The number of anilines is 1. The summed E-state index contributed by atoms with van der Waals surface area (Å²) in [5.74, 6) is -1.47. The van der Waals surface area contributed by atoms with Gasteiger partial charge in [0.2, 0.25) is 5.91 Å². The van der Waals surface area contributed by atoms with Gasteiger partial charge >= 0.3 is 12.6 Å². The highest BCUT2D eigenvalue weighted by Gasteiger charge is 2.29. The molecule has 1 N–H and O–H groups in total. The van der Waals surface area contributed by atoms with Gasteiger partial charge in [-0.25, -0.2) is 10.0 Å². The number of amides is 2. The molecule has 14 nitrogen and oxygen atoms in total. The van der Waals surface area contributed by atoms with E-state index < -0.39 is 12.5 Å². The first kappa shape index (κ1) is 35.6. The summed E-state index contributed by atoms with van der Waals surface area (Å²) in [5, 5.41) is 12.6. The normalized spacial score (nSPS) is 18.1. The Balaban J connectivity index is 1.29. The van der Waals surface area contributed by atoms with Crippen molar-refractivity contribution in [1.29, 1.82) is 0 Å². The number of carbonyl (C=O) groups excluding carboxylic acids is 3. The number of likely N-dealkylation sites (tertiary alicyclic amines) is 1. The number of esters is 1. The predicted molar refractivity (Wildman–Crippen MR) is 177 cm³/mol. The van der Waals surface area contributed by atoms with Gasteiger partial charge in [-0.3, -0.25) is 24.0 Å². The van der Waals surface area contributed by atoms with Crippen molar-refractivity contribution in [3.05, 3.63) is 53.1 Å². The molecule has 0 saturated carbocycles. The van der Waals surface area contributed by atoms with Crippen LogP contribution in [0, 0.1) is 5.92 Å². The van der Waals surface area contributed by atoms with Crippen LogP contribution >= 0.6 is 11.6 Å². The summed E-state index contributed by atoms with van der Waals surface area (Å²) in [6.07, 6.45) is 7.00. The highest BCUT2D eigenvalue weighted by molar-refractivity contribution is 6.31. The second-order valence-corrected chi connectivity index (χ2v) is 11.8. The van der Waals surface area contributed by atoms with E-state index >= 15 is 0 Å². The molecule has 3 aliphatic heterocycles. The van der Waals surface area contributed by atoms with E-state index in [0.29, 0.717) is 52.3 Å². The number of nitrogens with zero attached hydrogens (tertiary/aromatic N) is 7. The average molecular weight is 703 g/mol. The lowest BCUT2D eigenvalue weighted by Gasteiger charge is -2.31. The number of ether oxygens (including phenoxy) is 3. The van der Waals surface area contributed by atoms with Crippen LogP contribution in [0.15, 0.2) is 58.2 Å². The van der Waals surface area contributed by atoms with Crippen molar-refractivity contribution < 1.29 is 37.4 Å². The van der Waals surface area contributed by atoms with E-state index in [9.17, 15) is 23.2 Å². The third-order valence-electron chi connectivity index (χ3n) is 8.21. The first-order chi connectivity index (χ1) is 23.6. The molecule has 4 heterocycles. The third-order valence-corrected chi connectivity index (χ3v) is 8.45. The van der Waals surface area contributed by atoms with Crippen molar-refractivity contribution in [2.45, 2.75) is 32.9 Å². The number of rotatable bonds is 12. The summed E-state index contributed by atoms with van der Waals surface area (Å²) in [6, 6.07) is 4.02. The molecular weight excluding hydrogens is 666 g/mol. The number of halogens is 3. The molecule has 5 rings (SSSR count). The van der Waals surface area contributed by atoms with E-state index in [1.165, 1.54) is 47.2 Å². The van der Waals surface area contributed by atoms with Gasteiger partial charge in [-0.1, -0.05) is 11.6 Å². The maximum atomic E-state index is 13.4. The highest BCUT2D eigenvalue weighted by atomic mass is 35.5. The summed E-state index contributed by atoms with van der Waals surface area (Å²) in [4.78, 5) is 47.5. The molecule has 0 aliphatic carbocycles. The summed E-state index contributed by atoms with van der Waals surface area (Å²) in [6.45, 7) is 6.24. The summed E-state index contributed by atoms with van der Waals surface area (Å²) in [5.41, 5.74) is 0.383. The molecule has 17 heteroatoms. The number of aromatic nitrogens is 2. The molecule has 49 heavy (non-hydrogen) atoms. The molecule has 1 aromatic heterocycles. The van der Waals surface area contributed by atoms with Crippen LogP contribution in [0.2, 0.25) is 5.02 Å². The van der Waals surface area contributed by atoms with Gasteiger partial charge < -0.3 is 24.4 Å². The number of morpholine rings is 1. The monoisotopic (exact) mass is 702 g/mol. The number of hydrogen-bond acceptors (Lipinski definition) is 11. The fourth-order valence-corrected chi connectivity index (χ4v) is 5.74. The molecular formula is C32H37ClF2N8O6. The molecule has 2 saturated heterocycles. The average Bonchev–Trinajstić information content (AvgIpc) is 3.50. The van der Waals surface area contributed by atoms with E-state index in [-0.39, 0.29) is 63.5 Å². The molecule has 2 amide bonds. The molecule has 0 radical (unpaired) electrons. The molecule has 2 fully saturated rings. The van der Waals surface area contributed by atoms with Gasteiger partial charge in [0.05, 0.1) is 30.4 Å². The van der Waals surface area contributed by atoms with Crippen LogP contribution in [0.25, 0.3) is 11.3 Å². The number of aliphatic imine (C=N–C) groups is 1. The minimum Gasteiger partial charge on any atom is -0.464 e. The van der Waals surface area contributed by atoms with Gasteiger partial charge in [0.1, 0.15) is 24.6 Å². The molecule has 2 aromatic rings. The topological polar surface area (TPSA) is 143 Å². The van der Waals surface area contributed by atoms with Gasteiger partial charge in [-0.15, -0.1) is 0 Å². The first-order valence-electron chi connectivity index (χ1n) is 15.7. The zero-order valence-electron chi connectivity index (χ0n) is 26.9. The molecule has 1 aromatic carbocycles. The fraction of sp³-hybridized carbons (Fsp3) is 0.438. The maximum absolute atomic E-state index is 13.4. The Hall–Kier alpha value is -4.67. The quantitative estimate of drug-likeness (QED) is 0.199. The molecule has 0 bridgehead atoms. The van der Waals surface area contributed by atoms with Crippen molar-refractivity contribution in [2.75, 3.05) is 57.9 Å². The van der Waals surface area contributed by atoms with Gasteiger partial charge in [0, 0.05) is 68.6 Å². The van der Waals surface area contributed by atoms with E-state index in [2.05, 4.69) is 32.1 Å². The lowest BCUT2D eigenvalue weighted by Crippen LogP contribution is -2.42. The number of alkyl halides is 2. The number of benzene rings is 1. The van der Waals surface area contributed by atoms with Gasteiger partial charge in [0.15, 0.2) is 5.82 Å². The van der Waals surface area contributed by atoms with Crippen LogP contribution in [0.5, 0.6) is 5.75 Å². The Labute approximate surface area is 286 Å². The summed E-state index contributed by atoms with van der Waals surface area (Å²) in [7, 11) is 0. The largest absolute Gasteiger partial charge is 0.464 e. The molecule has 3 aliphatic rings. The van der Waals surface area contributed by atoms with Crippen LogP contribution in [0.1, 0.15) is 19.8 Å². The number of hydrogen-bond donors (Lipinski definition) is 1. The van der Waals surface area contributed by atoms with Crippen molar-refractivity contribution in [3.63, 3.8) is 0 Å². The number of piperidine rings is 1. The van der Waals surface area contributed by atoms with Crippen LogP contribution in [-0.4, -0.2) is 114 Å².